The first-order chi connectivity index (χ1) is 9.99. The van der Waals surface area contributed by atoms with Crippen molar-refractivity contribution in [3.05, 3.63) is 63.4 Å². The van der Waals surface area contributed by atoms with Gasteiger partial charge in [-0.15, -0.1) is 0 Å². The SMILES string of the molecule is CNC(c1cc(C)c(OC)c(C)c1)c1cccc(F)c1Cl. The van der Waals surface area contributed by atoms with Gasteiger partial charge in [-0.25, -0.2) is 4.39 Å². The van der Waals surface area contributed by atoms with Crippen LogP contribution in [0.4, 0.5) is 4.39 Å². The van der Waals surface area contributed by atoms with Crippen LogP contribution in [0.5, 0.6) is 5.75 Å². The average molecular weight is 308 g/mol. The van der Waals surface area contributed by atoms with Crippen molar-refractivity contribution in [3.8, 4) is 5.75 Å². The molecule has 0 aliphatic carbocycles. The zero-order chi connectivity index (χ0) is 15.6. The fraction of sp³-hybridized carbons (Fsp3) is 0.294. The standard InChI is InChI=1S/C17H19ClFNO/c1-10-8-12(9-11(2)17(10)21-4)16(20-3)13-6-5-7-14(19)15(13)18/h5-9,16,20H,1-4H3. The van der Waals surface area contributed by atoms with Crippen LogP contribution in [0, 0.1) is 19.7 Å². The normalized spacial score (nSPS) is 12.3. The molecule has 2 rings (SSSR count). The molecule has 4 heteroatoms. The molecule has 1 atom stereocenters. The molecule has 2 aromatic carbocycles. The lowest BCUT2D eigenvalue weighted by molar-refractivity contribution is 0.408. The van der Waals surface area contributed by atoms with Crippen LogP contribution in [0.1, 0.15) is 28.3 Å². The van der Waals surface area contributed by atoms with Crippen LogP contribution in [0.2, 0.25) is 5.02 Å². The van der Waals surface area contributed by atoms with Crippen molar-refractivity contribution in [2.24, 2.45) is 0 Å². The van der Waals surface area contributed by atoms with Gasteiger partial charge >= 0.3 is 0 Å². The molecule has 112 valence electrons. The first kappa shape index (κ1) is 15.8. The molecule has 2 nitrogen and oxygen atoms in total. The third-order valence-corrected chi connectivity index (χ3v) is 4.00. The number of hydrogen-bond donors (Lipinski definition) is 1. The maximum absolute atomic E-state index is 13.7. The van der Waals surface area contributed by atoms with Gasteiger partial charge in [0.25, 0.3) is 0 Å². The molecule has 1 unspecified atom stereocenters. The number of rotatable bonds is 4. The number of benzene rings is 2. The molecule has 0 spiro atoms. The molecule has 1 N–H and O–H groups in total. The molecule has 0 aliphatic heterocycles. The summed E-state index contributed by atoms with van der Waals surface area (Å²) in [7, 11) is 3.49. The number of methoxy groups -OCH3 is 1. The lowest BCUT2D eigenvalue weighted by Crippen LogP contribution is -2.19. The zero-order valence-electron chi connectivity index (χ0n) is 12.6. The highest BCUT2D eigenvalue weighted by molar-refractivity contribution is 6.31. The number of aryl methyl sites for hydroxylation is 2. The number of halogens is 2. The highest BCUT2D eigenvalue weighted by Crippen LogP contribution is 2.33. The molecular weight excluding hydrogens is 289 g/mol. The maximum Gasteiger partial charge on any atom is 0.142 e. The van der Waals surface area contributed by atoms with Crippen LogP contribution in [0.25, 0.3) is 0 Å². The summed E-state index contributed by atoms with van der Waals surface area (Å²) in [6.45, 7) is 3.99. The summed E-state index contributed by atoms with van der Waals surface area (Å²) in [4.78, 5) is 0. The third kappa shape index (κ3) is 3.04. The summed E-state index contributed by atoms with van der Waals surface area (Å²) in [6, 6.07) is 8.77. The summed E-state index contributed by atoms with van der Waals surface area (Å²) in [5.41, 5.74) is 3.84. The molecule has 0 amide bonds. The van der Waals surface area contributed by atoms with Crippen molar-refractivity contribution in [2.45, 2.75) is 19.9 Å². The molecule has 0 aliphatic rings. The zero-order valence-corrected chi connectivity index (χ0v) is 13.4. The van der Waals surface area contributed by atoms with E-state index in [1.807, 2.05) is 39.1 Å². The van der Waals surface area contributed by atoms with Gasteiger partial charge in [0.05, 0.1) is 18.2 Å². The Morgan fingerprint density at radius 1 is 1.19 bits per heavy atom. The Labute approximate surface area is 129 Å². The molecule has 0 aromatic heterocycles. The Kier molecular flexibility index (Phi) is 4.86. The summed E-state index contributed by atoms with van der Waals surface area (Å²) >= 11 is 6.12. The van der Waals surface area contributed by atoms with E-state index in [0.717, 1.165) is 28.0 Å². The van der Waals surface area contributed by atoms with E-state index >= 15 is 0 Å². The van der Waals surface area contributed by atoms with Gasteiger partial charge in [0.1, 0.15) is 11.6 Å². The van der Waals surface area contributed by atoms with Crippen molar-refractivity contribution in [1.29, 1.82) is 0 Å². The van der Waals surface area contributed by atoms with Crippen LogP contribution in [0.3, 0.4) is 0 Å². The van der Waals surface area contributed by atoms with Crippen LogP contribution in [-0.2, 0) is 0 Å². The third-order valence-electron chi connectivity index (χ3n) is 3.60. The van der Waals surface area contributed by atoms with Crippen molar-refractivity contribution in [3.63, 3.8) is 0 Å². The minimum absolute atomic E-state index is 0.156. The number of ether oxygens (including phenoxy) is 1. The molecule has 0 bridgehead atoms. The lowest BCUT2D eigenvalue weighted by atomic mass is 9.95. The monoisotopic (exact) mass is 307 g/mol. The van der Waals surface area contributed by atoms with Gasteiger partial charge in [-0.1, -0.05) is 35.9 Å². The first-order valence-electron chi connectivity index (χ1n) is 6.76. The fourth-order valence-corrected chi connectivity index (χ4v) is 2.95. The van der Waals surface area contributed by atoms with Crippen LogP contribution >= 0.6 is 11.6 Å². The average Bonchev–Trinajstić information content (AvgIpc) is 2.44. The van der Waals surface area contributed by atoms with Crippen LogP contribution in [0.15, 0.2) is 30.3 Å². The summed E-state index contributed by atoms with van der Waals surface area (Å²) in [5.74, 6) is 0.468. The van der Waals surface area contributed by atoms with E-state index in [2.05, 4.69) is 5.32 Å². The van der Waals surface area contributed by atoms with Crippen molar-refractivity contribution >= 4 is 11.6 Å². The van der Waals surface area contributed by atoms with E-state index in [0.29, 0.717) is 0 Å². The second kappa shape index (κ2) is 6.46. The van der Waals surface area contributed by atoms with E-state index in [1.54, 1.807) is 13.2 Å². The van der Waals surface area contributed by atoms with Gasteiger partial charge in [0.2, 0.25) is 0 Å². The van der Waals surface area contributed by atoms with E-state index in [-0.39, 0.29) is 11.1 Å². The molecule has 0 fully saturated rings. The molecule has 0 heterocycles. The van der Waals surface area contributed by atoms with Gasteiger partial charge in [0, 0.05) is 0 Å². The smallest absolute Gasteiger partial charge is 0.142 e. The van der Waals surface area contributed by atoms with Crippen molar-refractivity contribution in [2.75, 3.05) is 14.2 Å². The quantitative estimate of drug-likeness (QED) is 0.903. The highest BCUT2D eigenvalue weighted by Gasteiger charge is 2.19. The predicted octanol–water partition coefficient (Wildman–Crippen LogP) is 4.41. The van der Waals surface area contributed by atoms with Crippen LogP contribution < -0.4 is 10.1 Å². The largest absolute Gasteiger partial charge is 0.496 e. The Hall–Kier alpha value is -1.58. The molecule has 21 heavy (non-hydrogen) atoms. The fourth-order valence-electron chi connectivity index (χ4n) is 2.72. The van der Waals surface area contributed by atoms with Gasteiger partial charge in [0.15, 0.2) is 0 Å². The van der Waals surface area contributed by atoms with Gasteiger partial charge in [-0.05, 0) is 49.2 Å². The predicted molar refractivity (Wildman–Crippen MR) is 84.8 cm³/mol. The van der Waals surface area contributed by atoms with Gasteiger partial charge < -0.3 is 10.1 Å². The Balaban J connectivity index is 2.54. The summed E-state index contributed by atoms with van der Waals surface area (Å²) < 4.78 is 19.1. The number of hydrogen-bond acceptors (Lipinski definition) is 2. The highest BCUT2D eigenvalue weighted by atomic mass is 35.5. The topological polar surface area (TPSA) is 21.3 Å². The molecule has 0 radical (unpaired) electrons. The van der Waals surface area contributed by atoms with E-state index < -0.39 is 5.82 Å². The molecule has 0 saturated carbocycles. The van der Waals surface area contributed by atoms with E-state index in [4.69, 9.17) is 16.3 Å². The summed E-state index contributed by atoms with van der Waals surface area (Å²) in [5, 5.41) is 3.36. The maximum atomic E-state index is 13.7. The molecule has 2 aromatic rings. The van der Waals surface area contributed by atoms with E-state index in [9.17, 15) is 4.39 Å². The minimum Gasteiger partial charge on any atom is -0.496 e. The Bertz CT molecular complexity index is 634. The molecule has 0 saturated heterocycles. The second-order valence-corrected chi connectivity index (χ2v) is 5.43. The Morgan fingerprint density at radius 2 is 1.81 bits per heavy atom. The van der Waals surface area contributed by atoms with Crippen molar-refractivity contribution in [1.82, 2.24) is 5.32 Å². The van der Waals surface area contributed by atoms with Crippen LogP contribution in [-0.4, -0.2) is 14.2 Å². The first-order valence-corrected chi connectivity index (χ1v) is 7.13. The Morgan fingerprint density at radius 3 is 2.33 bits per heavy atom. The number of nitrogens with one attached hydrogen (secondary N) is 1. The van der Waals surface area contributed by atoms with E-state index in [1.165, 1.54) is 6.07 Å². The summed E-state index contributed by atoms with van der Waals surface area (Å²) in [6.07, 6.45) is 0. The van der Waals surface area contributed by atoms with Crippen molar-refractivity contribution < 1.29 is 9.13 Å². The molecular formula is C17H19ClFNO. The second-order valence-electron chi connectivity index (χ2n) is 5.05. The minimum atomic E-state index is -0.406. The lowest BCUT2D eigenvalue weighted by Gasteiger charge is -2.21. The van der Waals surface area contributed by atoms with Gasteiger partial charge in [-0.2, -0.15) is 0 Å². The van der Waals surface area contributed by atoms with Gasteiger partial charge in [-0.3, -0.25) is 0 Å².